The highest BCUT2D eigenvalue weighted by Gasteiger charge is 2.66. The second kappa shape index (κ2) is 14.8. The predicted molar refractivity (Wildman–Crippen MR) is 232 cm³/mol. The quantitative estimate of drug-likeness (QED) is 0.154. The molecule has 60 heavy (non-hydrogen) atoms. The fourth-order valence-electron chi connectivity index (χ4n) is 16.9. The van der Waals surface area contributed by atoms with Gasteiger partial charge in [-0.05, 0) is 198 Å². The third-order valence-corrected chi connectivity index (χ3v) is 20.6. The minimum Gasteiger partial charge on any atom is -0.462 e. The molecule has 7 aliphatic heterocycles. The van der Waals surface area contributed by atoms with Crippen molar-refractivity contribution in [1.82, 2.24) is 0 Å². The fourth-order valence-corrected chi connectivity index (χ4v) is 16.9. The van der Waals surface area contributed by atoms with Crippen LogP contribution in [-0.4, -0.2) is 45.6 Å². The molecule has 0 radical (unpaired) electrons. The maximum Gasteiger partial charge on any atom is 0.309 e. The van der Waals surface area contributed by atoms with Crippen LogP contribution < -0.4 is 0 Å². The van der Waals surface area contributed by atoms with Crippen LogP contribution in [0, 0.1) is 92.7 Å². The molecule has 6 nitrogen and oxygen atoms in total. The Bertz CT molecular complexity index is 1890. The predicted octanol–water partition coefficient (Wildman–Crippen LogP) is 10.1. The zero-order chi connectivity index (χ0) is 41.7. The SMILES string of the molecule is C[C@]12CC[C@H]3C[C@@H]1CC[C@@H]1[C@@H]2CC[C@@]2(C)[C@H]1CC[C@@]2(O)C#Cc1ccc(cc1)C#C[C@]1(O)CC[C@H]2[C@@H]4CC[C@H]5C[C@H](CC[C@]5(C)[C@H]4CC[C@@]21C)OC(=O)C/C=C\CC(=O)O3. The topological polar surface area (TPSA) is 93.1 Å². The monoisotopic (exact) mass is 815 g/mol. The summed E-state index contributed by atoms with van der Waals surface area (Å²) < 4.78 is 12.2. The molecule has 16 atom stereocenters. The van der Waals surface area contributed by atoms with Crippen LogP contribution in [0.2, 0.25) is 0 Å². The van der Waals surface area contributed by atoms with Gasteiger partial charge in [-0.25, -0.2) is 0 Å². The van der Waals surface area contributed by atoms with Gasteiger partial charge in [0.2, 0.25) is 0 Å². The van der Waals surface area contributed by atoms with Crippen molar-refractivity contribution in [3.8, 4) is 23.7 Å². The average Bonchev–Trinajstić information content (AvgIpc) is 3.66. The van der Waals surface area contributed by atoms with Crippen molar-refractivity contribution in [1.29, 1.82) is 0 Å². The highest BCUT2D eigenvalue weighted by Crippen LogP contribution is 2.70. The number of hydrogen-bond acceptors (Lipinski definition) is 6. The van der Waals surface area contributed by atoms with Gasteiger partial charge in [0, 0.05) is 22.0 Å². The van der Waals surface area contributed by atoms with Crippen LogP contribution in [0.4, 0.5) is 0 Å². The lowest BCUT2D eigenvalue weighted by Crippen LogP contribution is -2.56. The van der Waals surface area contributed by atoms with E-state index in [-0.39, 0.29) is 58.6 Å². The molecule has 15 aliphatic rings. The Morgan fingerprint density at radius 1 is 0.517 bits per heavy atom. The number of fused-ring (bicyclic) bond motifs is 2. The molecule has 8 fully saturated rings. The first-order valence-electron chi connectivity index (χ1n) is 24.3. The first kappa shape index (κ1) is 41.0. The zero-order valence-corrected chi connectivity index (χ0v) is 36.9. The van der Waals surface area contributed by atoms with E-state index in [1.807, 2.05) is 24.3 Å². The van der Waals surface area contributed by atoms with Crippen LogP contribution >= 0.6 is 0 Å². The maximum atomic E-state index is 13.1. The summed E-state index contributed by atoms with van der Waals surface area (Å²) in [4.78, 5) is 26.1. The molecule has 0 amide bonds. The van der Waals surface area contributed by atoms with E-state index in [4.69, 9.17) is 9.47 Å². The van der Waals surface area contributed by atoms with Gasteiger partial charge in [-0.2, -0.15) is 0 Å². The van der Waals surface area contributed by atoms with Crippen LogP contribution in [0.15, 0.2) is 36.4 Å². The van der Waals surface area contributed by atoms with Gasteiger partial charge in [-0.3, -0.25) is 9.59 Å². The zero-order valence-electron chi connectivity index (χ0n) is 36.9. The van der Waals surface area contributed by atoms with Crippen LogP contribution in [0.5, 0.6) is 0 Å². The molecule has 1 aromatic carbocycles. The molecule has 0 aromatic heterocycles. The van der Waals surface area contributed by atoms with Gasteiger partial charge >= 0.3 is 11.9 Å². The first-order chi connectivity index (χ1) is 28.7. The van der Waals surface area contributed by atoms with Gasteiger partial charge in [0.25, 0.3) is 0 Å². The Morgan fingerprint density at radius 2 is 0.917 bits per heavy atom. The van der Waals surface area contributed by atoms with Crippen molar-refractivity contribution in [2.45, 2.75) is 180 Å². The molecule has 0 saturated heterocycles. The molecule has 16 rings (SSSR count). The first-order valence-corrected chi connectivity index (χ1v) is 24.3. The molecule has 8 saturated carbocycles. The minimum atomic E-state index is -1.01. The smallest absolute Gasteiger partial charge is 0.309 e. The molecular weight excluding hydrogens is 745 g/mol. The molecule has 7 heterocycles. The van der Waals surface area contributed by atoms with Gasteiger partial charge in [-0.15, -0.1) is 0 Å². The summed E-state index contributed by atoms with van der Waals surface area (Å²) in [7, 11) is 0. The molecule has 8 aliphatic carbocycles. The molecule has 322 valence electrons. The lowest BCUT2D eigenvalue weighted by atomic mass is 9.44. The Hall–Kier alpha value is -3.06. The standard InChI is InChI=1S/C54H70O6/c1-49-25-19-39-33-37(49)13-15-41-43(49)21-27-51(3)45(41)23-31-53(51,57)29-17-35-9-11-36(12-10-35)18-30-54(58)32-24-46-42-16-14-38-34-40(60-48(56)8-6-5-7-47(55)59-39)20-26-50(38,2)44(42)22-28-52(46,54)4/h5-6,9-12,37-46,57-58H,7-8,13-16,19-28,31-34H2,1-4H3/b6-5-/t37-,38-,39-,40-,41+,42+,43-,44-,45-,46-,49-,50-,51-,52-,53-,54-/m0/s1. The molecular formula is C54H70O6. The minimum absolute atomic E-state index is 0.0401. The number of aliphatic hydroxyl groups is 2. The van der Waals surface area contributed by atoms with Gasteiger partial charge in [-0.1, -0.05) is 63.5 Å². The van der Waals surface area contributed by atoms with E-state index in [0.717, 1.165) is 114 Å². The Labute approximate surface area is 359 Å². The van der Waals surface area contributed by atoms with E-state index < -0.39 is 11.2 Å². The molecule has 0 spiro atoms. The van der Waals surface area contributed by atoms with Gasteiger partial charge < -0.3 is 19.7 Å². The number of esters is 2. The highest BCUT2D eigenvalue weighted by molar-refractivity contribution is 5.73. The molecule has 6 heteroatoms. The molecule has 0 unspecified atom stereocenters. The normalized spacial score (nSPS) is 50.0. The van der Waals surface area contributed by atoms with Crippen molar-refractivity contribution < 1.29 is 29.3 Å². The van der Waals surface area contributed by atoms with Crippen molar-refractivity contribution in [2.24, 2.45) is 69.0 Å². The molecule has 1 aromatic rings. The number of carbonyl (C=O) groups excluding carboxylic acids is 2. The summed E-state index contributed by atoms with van der Waals surface area (Å²) in [5, 5.41) is 24.7. The van der Waals surface area contributed by atoms with Crippen molar-refractivity contribution in [2.75, 3.05) is 0 Å². The van der Waals surface area contributed by atoms with E-state index in [9.17, 15) is 19.8 Å². The fraction of sp³-hybridized carbons (Fsp3) is 0.741. The van der Waals surface area contributed by atoms with E-state index in [2.05, 4.69) is 51.4 Å². The van der Waals surface area contributed by atoms with Gasteiger partial charge in [0.05, 0.1) is 12.8 Å². The van der Waals surface area contributed by atoms with Crippen LogP contribution in [0.25, 0.3) is 0 Å². The third kappa shape index (κ3) is 6.41. The molecule has 18 bridgehead atoms. The van der Waals surface area contributed by atoms with Crippen molar-refractivity contribution >= 4 is 11.9 Å². The van der Waals surface area contributed by atoms with Crippen LogP contribution in [0.1, 0.15) is 167 Å². The van der Waals surface area contributed by atoms with E-state index in [1.54, 1.807) is 12.2 Å². The second-order valence-corrected chi connectivity index (χ2v) is 22.8. The van der Waals surface area contributed by atoms with Crippen molar-refractivity contribution in [3.05, 3.63) is 47.5 Å². The summed E-state index contributed by atoms with van der Waals surface area (Å²) in [6, 6.07) is 8.14. The summed E-state index contributed by atoms with van der Waals surface area (Å²) in [5.74, 6) is 17.8. The Balaban J connectivity index is 0.908. The molecule has 2 N–H and O–H groups in total. The number of benzene rings is 1. The number of hydrogen-bond donors (Lipinski definition) is 2. The lowest BCUT2D eigenvalue weighted by molar-refractivity contribution is -0.166. The second-order valence-electron chi connectivity index (χ2n) is 22.8. The largest absolute Gasteiger partial charge is 0.462 e. The summed E-state index contributed by atoms with van der Waals surface area (Å²) in [6.07, 6.45) is 22.1. The maximum absolute atomic E-state index is 13.1. The van der Waals surface area contributed by atoms with Crippen LogP contribution in [0.3, 0.4) is 0 Å². The Kier molecular flexibility index (Phi) is 10.1. The van der Waals surface area contributed by atoms with Gasteiger partial charge in [0.1, 0.15) is 23.4 Å². The van der Waals surface area contributed by atoms with E-state index >= 15 is 0 Å². The lowest BCUT2D eigenvalue weighted by Gasteiger charge is -2.61. The summed E-state index contributed by atoms with van der Waals surface area (Å²) in [6.45, 7) is 9.69. The van der Waals surface area contributed by atoms with E-state index in [0.29, 0.717) is 47.3 Å². The van der Waals surface area contributed by atoms with E-state index in [1.165, 1.54) is 12.8 Å². The number of carbonyl (C=O) groups is 2. The van der Waals surface area contributed by atoms with Gasteiger partial charge in [0.15, 0.2) is 0 Å². The van der Waals surface area contributed by atoms with Crippen LogP contribution in [-0.2, 0) is 19.1 Å². The summed E-state index contributed by atoms with van der Waals surface area (Å²) in [5.41, 5.74) is -0.237. The number of ether oxygens (including phenoxy) is 2. The average molecular weight is 815 g/mol. The summed E-state index contributed by atoms with van der Waals surface area (Å²) >= 11 is 0. The number of rotatable bonds is 0. The highest BCUT2D eigenvalue weighted by atomic mass is 16.5. The Morgan fingerprint density at radius 3 is 1.33 bits per heavy atom. The third-order valence-electron chi connectivity index (χ3n) is 20.6. The van der Waals surface area contributed by atoms with Crippen molar-refractivity contribution in [3.63, 3.8) is 0 Å².